The molecule has 0 aromatic heterocycles. The lowest BCUT2D eigenvalue weighted by molar-refractivity contribution is 0.122. The van der Waals surface area contributed by atoms with Crippen LogP contribution in [0, 0.1) is 0 Å². The Kier molecular flexibility index (Phi) is 5.52. The van der Waals surface area contributed by atoms with Crippen molar-refractivity contribution in [1.29, 1.82) is 0 Å². The lowest BCUT2D eigenvalue weighted by Crippen LogP contribution is -2.25. The van der Waals surface area contributed by atoms with E-state index in [9.17, 15) is 0 Å². The minimum Gasteiger partial charge on any atom is -0.392 e. The average Bonchev–Trinajstić information content (AvgIpc) is 1.99. The van der Waals surface area contributed by atoms with Gasteiger partial charge in [-0.2, -0.15) is 0 Å². The Morgan fingerprint density at radius 3 is 1.40 bits per heavy atom. The Balaban J connectivity index is 3.17. The van der Waals surface area contributed by atoms with Crippen LogP contribution in [0.25, 0.3) is 0 Å². The van der Waals surface area contributed by atoms with E-state index in [0.717, 1.165) is 0 Å². The van der Waals surface area contributed by atoms with E-state index in [1.165, 1.54) is 0 Å². The highest BCUT2D eigenvalue weighted by atomic mass is 16.3. The summed E-state index contributed by atoms with van der Waals surface area (Å²) in [5.41, 5.74) is 10.3. The van der Waals surface area contributed by atoms with Crippen LogP contribution in [0.1, 0.15) is 12.8 Å². The molecule has 0 aliphatic heterocycles. The van der Waals surface area contributed by atoms with Gasteiger partial charge in [-0.25, -0.2) is 0 Å². The van der Waals surface area contributed by atoms with E-state index in [0.29, 0.717) is 12.8 Å². The molecule has 0 fully saturated rings. The summed E-state index contributed by atoms with van der Waals surface area (Å²) in [5.74, 6) is 0. The van der Waals surface area contributed by atoms with Crippen LogP contribution in [-0.4, -0.2) is 35.5 Å². The van der Waals surface area contributed by atoms with E-state index in [2.05, 4.69) is 0 Å². The van der Waals surface area contributed by atoms with Crippen molar-refractivity contribution in [3.8, 4) is 0 Å². The topological polar surface area (TPSA) is 92.5 Å². The van der Waals surface area contributed by atoms with Crippen molar-refractivity contribution >= 4 is 0 Å². The molecule has 0 spiro atoms. The van der Waals surface area contributed by atoms with E-state index in [4.69, 9.17) is 21.7 Å². The van der Waals surface area contributed by atoms with Gasteiger partial charge in [0.05, 0.1) is 12.2 Å². The summed E-state index contributed by atoms with van der Waals surface area (Å²) in [7, 11) is 0. The molecule has 4 heteroatoms. The third-order valence-corrected chi connectivity index (χ3v) is 1.38. The third kappa shape index (κ3) is 4.69. The van der Waals surface area contributed by atoms with Gasteiger partial charge in [0, 0.05) is 13.1 Å². The molecule has 0 aromatic rings. The molecular weight excluding hydrogens is 132 g/mol. The second-order valence-electron chi connectivity index (χ2n) is 2.36. The van der Waals surface area contributed by atoms with Crippen LogP contribution in [0.3, 0.4) is 0 Å². The first-order valence-corrected chi connectivity index (χ1v) is 3.47. The smallest absolute Gasteiger partial charge is 0.0663 e. The molecule has 0 saturated heterocycles. The lowest BCUT2D eigenvalue weighted by Gasteiger charge is -2.10. The number of hydrogen-bond acceptors (Lipinski definition) is 4. The second-order valence-corrected chi connectivity index (χ2v) is 2.36. The van der Waals surface area contributed by atoms with Crippen molar-refractivity contribution in [2.24, 2.45) is 11.5 Å². The molecule has 2 atom stereocenters. The van der Waals surface area contributed by atoms with Gasteiger partial charge in [0.1, 0.15) is 0 Å². The number of nitrogens with two attached hydrogens (primary N) is 2. The summed E-state index contributed by atoms with van der Waals surface area (Å²) in [4.78, 5) is 0. The van der Waals surface area contributed by atoms with Gasteiger partial charge in [-0.05, 0) is 12.8 Å². The summed E-state index contributed by atoms with van der Waals surface area (Å²) < 4.78 is 0. The molecule has 4 nitrogen and oxygen atoms in total. The van der Waals surface area contributed by atoms with E-state index >= 15 is 0 Å². The summed E-state index contributed by atoms with van der Waals surface area (Å²) >= 11 is 0. The van der Waals surface area contributed by atoms with Crippen LogP contribution in [0.2, 0.25) is 0 Å². The van der Waals surface area contributed by atoms with Crippen LogP contribution in [-0.2, 0) is 0 Å². The van der Waals surface area contributed by atoms with Gasteiger partial charge in [0.25, 0.3) is 0 Å². The largest absolute Gasteiger partial charge is 0.392 e. The Morgan fingerprint density at radius 2 is 1.20 bits per heavy atom. The van der Waals surface area contributed by atoms with Gasteiger partial charge >= 0.3 is 0 Å². The molecule has 0 aliphatic carbocycles. The number of aliphatic hydroxyl groups excluding tert-OH is 2. The van der Waals surface area contributed by atoms with Crippen LogP contribution in [0.5, 0.6) is 0 Å². The van der Waals surface area contributed by atoms with Gasteiger partial charge in [-0.1, -0.05) is 0 Å². The first-order chi connectivity index (χ1) is 4.70. The Bertz CT molecular complexity index is 70.1. The molecule has 10 heavy (non-hydrogen) atoms. The first-order valence-electron chi connectivity index (χ1n) is 3.47. The zero-order chi connectivity index (χ0) is 7.98. The zero-order valence-corrected chi connectivity index (χ0v) is 6.03. The molecule has 6 N–H and O–H groups in total. The van der Waals surface area contributed by atoms with E-state index in [-0.39, 0.29) is 13.1 Å². The minimum atomic E-state index is -0.499. The maximum absolute atomic E-state index is 8.93. The molecule has 0 bridgehead atoms. The van der Waals surface area contributed by atoms with Crippen molar-refractivity contribution in [1.82, 2.24) is 0 Å². The predicted molar refractivity (Wildman–Crippen MR) is 39.4 cm³/mol. The highest BCUT2D eigenvalue weighted by Gasteiger charge is 2.05. The molecule has 0 heterocycles. The van der Waals surface area contributed by atoms with Crippen molar-refractivity contribution < 1.29 is 10.2 Å². The number of hydrogen-bond donors (Lipinski definition) is 4. The fourth-order valence-corrected chi connectivity index (χ4v) is 0.620. The zero-order valence-electron chi connectivity index (χ0n) is 6.03. The van der Waals surface area contributed by atoms with Gasteiger partial charge in [0.15, 0.2) is 0 Å². The monoisotopic (exact) mass is 148 g/mol. The van der Waals surface area contributed by atoms with E-state index in [1.807, 2.05) is 0 Å². The van der Waals surface area contributed by atoms with Crippen molar-refractivity contribution in [3.05, 3.63) is 0 Å². The second kappa shape index (κ2) is 5.61. The molecule has 0 rings (SSSR count). The highest BCUT2D eigenvalue weighted by molar-refractivity contribution is 4.61. The molecule has 0 radical (unpaired) electrons. The van der Waals surface area contributed by atoms with E-state index in [1.54, 1.807) is 0 Å². The Hall–Kier alpha value is -0.160. The Labute approximate surface area is 60.8 Å². The molecule has 0 aliphatic rings. The van der Waals surface area contributed by atoms with Crippen LogP contribution < -0.4 is 11.5 Å². The third-order valence-electron chi connectivity index (χ3n) is 1.38. The van der Waals surface area contributed by atoms with E-state index < -0.39 is 12.2 Å². The first kappa shape index (κ1) is 9.84. The SMILES string of the molecule is NC[C@@H](O)CC[C@@H](O)CN. The van der Waals surface area contributed by atoms with Crippen LogP contribution in [0.4, 0.5) is 0 Å². The molecular formula is C6H16N2O2. The van der Waals surface area contributed by atoms with Gasteiger partial charge in [-0.3, -0.25) is 0 Å². The van der Waals surface area contributed by atoms with Crippen LogP contribution >= 0.6 is 0 Å². The molecule has 0 amide bonds. The normalized spacial score (nSPS) is 16.8. The minimum absolute atomic E-state index is 0.247. The van der Waals surface area contributed by atoms with Crippen molar-refractivity contribution in [2.75, 3.05) is 13.1 Å². The quantitative estimate of drug-likeness (QED) is 0.378. The molecule has 0 saturated carbocycles. The predicted octanol–water partition coefficient (Wildman–Crippen LogP) is -1.59. The van der Waals surface area contributed by atoms with Crippen molar-refractivity contribution in [3.63, 3.8) is 0 Å². The lowest BCUT2D eigenvalue weighted by atomic mass is 10.1. The van der Waals surface area contributed by atoms with Gasteiger partial charge in [-0.15, -0.1) is 0 Å². The number of rotatable bonds is 5. The maximum atomic E-state index is 8.93. The van der Waals surface area contributed by atoms with Gasteiger partial charge < -0.3 is 21.7 Å². The number of aliphatic hydroxyl groups is 2. The fraction of sp³-hybridized carbons (Fsp3) is 1.00. The summed E-state index contributed by atoms with van der Waals surface area (Å²) in [6.45, 7) is 0.495. The molecule has 0 unspecified atom stereocenters. The highest BCUT2D eigenvalue weighted by Crippen LogP contribution is 1.98. The molecule has 62 valence electrons. The summed E-state index contributed by atoms with van der Waals surface area (Å²) in [5, 5.41) is 17.9. The maximum Gasteiger partial charge on any atom is 0.0663 e. The standard InChI is InChI=1S/C6H16N2O2/c7-3-5(9)1-2-6(10)4-8/h5-6,9-10H,1-4,7-8H2/t5-,6+. The van der Waals surface area contributed by atoms with Crippen molar-refractivity contribution in [2.45, 2.75) is 25.0 Å². The van der Waals surface area contributed by atoms with Crippen LogP contribution in [0.15, 0.2) is 0 Å². The fourth-order valence-electron chi connectivity index (χ4n) is 0.620. The van der Waals surface area contributed by atoms with Gasteiger partial charge in [0.2, 0.25) is 0 Å². The Morgan fingerprint density at radius 1 is 0.900 bits per heavy atom. The summed E-state index contributed by atoms with van der Waals surface area (Å²) in [6.07, 6.45) is 0.0476. The summed E-state index contributed by atoms with van der Waals surface area (Å²) in [6, 6.07) is 0. The average molecular weight is 148 g/mol. The molecule has 0 aromatic carbocycles.